The number of ether oxygens (including phenoxy) is 3. The number of rotatable bonds is 3. The SMILES string of the molecule is O=C(O[C@@H]1CCOC1)N1CC2(CCN(C3CCC4CCC(CC3)N4C(=O)OC3CCC3)CC2)c2cc(F)ccc21. The van der Waals surface area contributed by atoms with Gasteiger partial charge < -0.3 is 24.0 Å². The predicted molar refractivity (Wildman–Crippen MR) is 147 cm³/mol. The van der Waals surface area contributed by atoms with Crippen LogP contribution in [0.15, 0.2) is 18.2 Å². The average Bonchev–Trinajstić information content (AvgIpc) is 3.66. The van der Waals surface area contributed by atoms with Gasteiger partial charge in [-0.25, -0.2) is 14.0 Å². The van der Waals surface area contributed by atoms with Crippen LogP contribution in [0.25, 0.3) is 0 Å². The molecule has 2 amide bonds. The molecule has 9 heteroatoms. The van der Waals surface area contributed by atoms with E-state index >= 15 is 0 Å². The van der Waals surface area contributed by atoms with Crippen molar-refractivity contribution in [3.8, 4) is 0 Å². The normalized spacial score (nSPS) is 31.9. The Morgan fingerprint density at radius 3 is 2.15 bits per heavy atom. The summed E-state index contributed by atoms with van der Waals surface area (Å²) in [6, 6.07) is 5.92. The molecule has 2 unspecified atom stereocenters. The number of carbonyl (C=O) groups excluding carboxylic acids is 2. The smallest absolute Gasteiger partial charge is 0.414 e. The summed E-state index contributed by atoms with van der Waals surface area (Å²) < 4.78 is 31.4. The first-order valence-corrected chi connectivity index (χ1v) is 15.6. The number of halogens is 1. The molecule has 5 heterocycles. The maximum Gasteiger partial charge on any atom is 0.414 e. The topological polar surface area (TPSA) is 71.6 Å². The molecule has 1 aromatic rings. The number of fused-ring (bicyclic) bond motifs is 4. The number of hydrogen-bond donors (Lipinski definition) is 0. The largest absolute Gasteiger partial charge is 0.446 e. The molecule has 6 aliphatic rings. The van der Waals surface area contributed by atoms with Crippen molar-refractivity contribution in [2.45, 2.75) is 113 Å². The molecule has 0 radical (unpaired) electrons. The summed E-state index contributed by atoms with van der Waals surface area (Å²) in [5, 5.41) is 0. The van der Waals surface area contributed by atoms with Crippen LogP contribution in [0, 0.1) is 5.82 Å². The van der Waals surface area contributed by atoms with Gasteiger partial charge >= 0.3 is 12.2 Å². The molecule has 0 N–H and O–H groups in total. The Balaban J connectivity index is 0.998. The highest BCUT2D eigenvalue weighted by Crippen LogP contribution is 2.48. The van der Waals surface area contributed by atoms with Gasteiger partial charge in [-0.05, 0) is 107 Å². The van der Waals surface area contributed by atoms with E-state index in [2.05, 4.69) is 9.80 Å². The summed E-state index contributed by atoms with van der Waals surface area (Å²) in [5.41, 5.74) is 1.49. The fourth-order valence-corrected chi connectivity index (χ4v) is 8.16. The van der Waals surface area contributed by atoms with Crippen molar-refractivity contribution in [3.05, 3.63) is 29.6 Å². The standard InChI is InChI=1S/C31H42FN3O5/c32-21-4-11-28-27(18-21)31(20-34(28)29(36)40-26-12-17-38-19-26)13-15-33(16-14-31)22-5-7-23-9-10-24(8-6-22)35(23)30(37)39-25-2-1-3-25/h4,11,18,22-26H,1-3,5-10,12-17,19-20H2/t22?,23?,24?,26-/m1/s1. The number of nitrogens with zero attached hydrogens (tertiary/aromatic N) is 3. The average molecular weight is 556 g/mol. The van der Waals surface area contributed by atoms with Gasteiger partial charge in [-0.2, -0.15) is 0 Å². The first kappa shape index (κ1) is 26.5. The van der Waals surface area contributed by atoms with Crippen LogP contribution in [-0.2, 0) is 19.6 Å². The molecule has 2 bridgehead atoms. The highest BCUT2D eigenvalue weighted by Gasteiger charge is 2.49. The van der Waals surface area contributed by atoms with Gasteiger partial charge in [0, 0.05) is 36.5 Å². The second kappa shape index (κ2) is 10.8. The number of likely N-dealkylation sites (tertiary alicyclic amines) is 1. The van der Waals surface area contributed by atoms with Gasteiger partial charge in [0.25, 0.3) is 0 Å². The predicted octanol–water partition coefficient (Wildman–Crippen LogP) is 5.37. The van der Waals surface area contributed by atoms with E-state index in [1.807, 2.05) is 0 Å². The van der Waals surface area contributed by atoms with Gasteiger partial charge in [-0.1, -0.05) is 0 Å². The minimum absolute atomic E-state index is 0.0776. The van der Waals surface area contributed by atoms with Crippen LogP contribution in [0.3, 0.4) is 0 Å². The third-order valence-corrected chi connectivity index (χ3v) is 10.7. The highest BCUT2D eigenvalue weighted by molar-refractivity contribution is 5.91. The minimum atomic E-state index is -0.349. The number of carbonyl (C=O) groups is 2. The minimum Gasteiger partial charge on any atom is -0.446 e. The fraction of sp³-hybridized carbons (Fsp3) is 0.742. The first-order valence-electron chi connectivity index (χ1n) is 15.6. The zero-order chi connectivity index (χ0) is 27.3. The third kappa shape index (κ3) is 4.87. The van der Waals surface area contributed by atoms with E-state index in [0.29, 0.717) is 37.9 Å². The highest BCUT2D eigenvalue weighted by atomic mass is 19.1. The maximum atomic E-state index is 14.5. The lowest BCUT2D eigenvalue weighted by molar-refractivity contribution is 0.00962. The molecule has 218 valence electrons. The van der Waals surface area contributed by atoms with Crippen molar-refractivity contribution in [1.82, 2.24) is 9.80 Å². The maximum absolute atomic E-state index is 14.5. The van der Waals surface area contributed by atoms with E-state index in [-0.39, 0.29) is 35.6 Å². The zero-order valence-electron chi connectivity index (χ0n) is 23.4. The molecule has 1 spiro atoms. The number of piperidine rings is 1. The lowest BCUT2D eigenvalue weighted by Crippen LogP contribution is -2.51. The molecule has 8 nitrogen and oxygen atoms in total. The van der Waals surface area contributed by atoms with Crippen molar-refractivity contribution >= 4 is 17.9 Å². The van der Waals surface area contributed by atoms with Gasteiger partial charge in [0.1, 0.15) is 18.0 Å². The van der Waals surface area contributed by atoms with Crippen molar-refractivity contribution in [2.75, 3.05) is 37.7 Å². The molecule has 1 aliphatic carbocycles. The summed E-state index contributed by atoms with van der Waals surface area (Å²) in [7, 11) is 0. The molecule has 40 heavy (non-hydrogen) atoms. The van der Waals surface area contributed by atoms with Gasteiger partial charge in [0.05, 0.1) is 18.9 Å². The molecule has 1 saturated carbocycles. The molecule has 1 aromatic carbocycles. The summed E-state index contributed by atoms with van der Waals surface area (Å²) in [4.78, 5) is 32.6. The third-order valence-electron chi connectivity index (χ3n) is 10.7. The number of amides is 2. The van der Waals surface area contributed by atoms with E-state index in [1.54, 1.807) is 17.0 Å². The second-order valence-corrected chi connectivity index (χ2v) is 13.0. The zero-order valence-corrected chi connectivity index (χ0v) is 23.4. The van der Waals surface area contributed by atoms with Gasteiger partial charge in [-0.3, -0.25) is 4.90 Å². The van der Waals surface area contributed by atoms with Crippen LogP contribution in [0.2, 0.25) is 0 Å². The fourth-order valence-electron chi connectivity index (χ4n) is 8.16. The first-order chi connectivity index (χ1) is 19.5. The van der Waals surface area contributed by atoms with Crippen molar-refractivity contribution in [2.24, 2.45) is 0 Å². The van der Waals surface area contributed by atoms with E-state index < -0.39 is 0 Å². The number of benzene rings is 1. The molecule has 0 aromatic heterocycles. The molecule has 5 aliphatic heterocycles. The summed E-state index contributed by atoms with van der Waals surface area (Å²) in [6.45, 7) is 3.47. The Hall–Kier alpha value is -2.39. The Labute approximate surface area is 236 Å². The molecular weight excluding hydrogens is 513 g/mol. The Kier molecular flexibility index (Phi) is 7.15. The van der Waals surface area contributed by atoms with Gasteiger partial charge in [0.15, 0.2) is 0 Å². The Morgan fingerprint density at radius 1 is 0.850 bits per heavy atom. The van der Waals surface area contributed by atoms with E-state index in [4.69, 9.17) is 14.2 Å². The number of anilines is 1. The summed E-state index contributed by atoms with van der Waals surface area (Å²) in [5.74, 6) is -0.254. The summed E-state index contributed by atoms with van der Waals surface area (Å²) >= 11 is 0. The lowest BCUT2D eigenvalue weighted by atomic mass is 9.73. The van der Waals surface area contributed by atoms with Crippen molar-refractivity contribution in [1.29, 1.82) is 0 Å². The molecular formula is C31H42FN3O5. The van der Waals surface area contributed by atoms with Crippen LogP contribution in [0.1, 0.15) is 82.6 Å². The monoisotopic (exact) mass is 555 g/mol. The Bertz CT molecular complexity index is 1100. The second-order valence-electron chi connectivity index (χ2n) is 13.0. The lowest BCUT2D eigenvalue weighted by Gasteiger charge is -2.44. The molecule has 5 fully saturated rings. The van der Waals surface area contributed by atoms with Crippen molar-refractivity contribution in [3.63, 3.8) is 0 Å². The molecule has 7 rings (SSSR count). The van der Waals surface area contributed by atoms with E-state index in [9.17, 15) is 14.0 Å². The van der Waals surface area contributed by atoms with Crippen LogP contribution in [-0.4, -0.2) is 85.2 Å². The van der Waals surface area contributed by atoms with Gasteiger partial charge in [0.2, 0.25) is 0 Å². The van der Waals surface area contributed by atoms with Crippen molar-refractivity contribution < 1.29 is 28.2 Å². The molecule has 3 atom stereocenters. The quantitative estimate of drug-likeness (QED) is 0.500. The van der Waals surface area contributed by atoms with E-state index in [0.717, 1.165) is 95.0 Å². The van der Waals surface area contributed by atoms with Crippen LogP contribution in [0.5, 0.6) is 0 Å². The van der Waals surface area contributed by atoms with Crippen LogP contribution >= 0.6 is 0 Å². The number of hydrogen-bond acceptors (Lipinski definition) is 6. The van der Waals surface area contributed by atoms with Crippen LogP contribution < -0.4 is 4.90 Å². The Morgan fingerprint density at radius 2 is 1.52 bits per heavy atom. The van der Waals surface area contributed by atoms with Crippen LogP contribution in [0.4, 0.5) is 19.7 Å². The van der Waals surface area contributed by atoms with E-state index in [1.165, 1.54) is 12.5 Å². The van der Waals surface area contributed by atoms with Gasteiger partial charge in [-0.15, -0.1) is 0 Å². The summed E-state index contributed by atoms with van der Waals surface area (Å²) in [6.07, 6.45) is 11.6. The molecule has 4 saturated heterocycles.